The Bertz CT molecular complexity index is 3210. The summed E-state index contributed by atoms with van der Waals surface area (Å²) >= 11 is 0. The summed E-state index contributed by atoms with van der Waals surface area (Å²) in [6.07, 6.45) is 0. The topological polar surface area (TPSA) is 8.17 Å². The quantitative estimate of drug-likeness (QED) is 0.141. The standard InChI is InChI=1S/C60H42N2/c1-4-14-43(15-5-1)46-26-33-53(34-27-46)61(54-35-28-47(29-36-54)44-16-6-2-7-17-44)55-37-30-48(31-38-55)49-20-12-21-50(40-49)51-22-13-23-56(41-51)62-59-25-11-10-24-57(59)58-42-52(32-39-60(58)62)45-18-8-3-9-19-45/h1-42H. The van der Waals surface area contributed by atoms with Gasteiger partial charge >= 0.3 is 0 Å². The molecule has 0 unspecified atom stereocenters. The Morgan fingerprint density at radius 1 is 0.226 bits per heavy atom. The van der Waals surface area contributed by atoms with Crippen molar-refractivity contribution in [2.24, 2.45) is 0 Å². The second-order valence-electron chi connectivity index (χ2n) is 15.8. The highest BCUT2D eigenvalue weighted by Crippen LogP contribution is 2.39. The Hall–Kier alpha value is -8.20. The number of anilines is 3. The number of fused-ring (bicyclic) bond motifs is 3. The molecule has 0 saturated heterocycles. The van der Waals surface area contributed by atoms with Crippen LogP contribution in [0.15, 0.2) is 255 Å². The van der Waals surface area contributed by atoms with E-state index in [1.165, 1.54) is 77.4 Å². The predicted octanol–water partition coefficient (Wildman–Crippen LogP) is 16.6. The lowest BCUT2D eigenvalue weighted by Crippen LogP contribution is -2.09. The molecule has 1 heterocycles. The highest BCUT2D eigenvalue weighted by molar-refractivity contribution is 6.10. The third-order valence-corrected chi connectivity index (χ3v) is 12.0. The van der Waals surface area contributed by atoms with Gasteiger partial charge in [0, 0.05) is 33.5 Å². The van der Waals surface area contributed by atoms with Gasteiger partial charge < -0.3 is 9.47 Å². The second kappa shape index (κ2) is 16.1. The molecule has 0 bridgehead atoms. The van der Waals surface area contributed by atoms with Crippen molar-refractivity contribution in [3.05, 3.63) is 255 Å². The molecule has 0 aliphatic carbocycles. The largest absolute Gasteiger partial charge is 0.311 e. The SMILES string of the molecule is c1ccc(-c2ccc(N(c3ccc(-c4ccccc4)cc3)c3ccc(-c4cccc(-c5cccc(-n6c7ccccc7c7cc(-c8ccccc8)ccc76)c5)c4)cc3)cc2)cc1. The lowest BCUT2D eigenvalue weighted by atomic mass is 9.98. The first kappa shape index (κ1) is 36.8. The first-order valence-electron chi connectivity index (χ1n) is 21.2. The maximum absolute atomic E-state index is 2.40. The van der Waals surface area contributed by atoms with E-state index in [0.29, 0.717) is 0 Å². The Morgan fingerprint density at radius 2 is 0.581 bits per heavy atom. The molecule has 11 rings (SSSR count). The van der Waals surface area contributed by atoms with Crippen LogP contribution in [-0.4, -0.2) is 4.57 Å². The zero-order valence-electron chi connectivity index (χ0n) is 34.1. The minimum atomic E-state index is 1.10. The third kappa shape index (κ3) is 7.04. The fourth-order valence-corrected chi connectivity index (χ4v) is 8.88. The highest BCUT2D eigenvalue weighted by Gasteiger charge is 2.16. The lowest BCUT2D eigenvalue weighted by molar-refractivity contribution is 1.18. The van der Waals surface area contributed by atoms with Crippen molar-refractivity contribution in [2.75, 3.05) is 4.90 Å². The van der Waals surface area contributed by atoms with Crippen molar-refractivity contribution in [2.45, 2.75) is 0 Å². The molecule has 292 valence electrons. The average molecular weight is 791 g/mol. The molecule has 0 fully saturated rings. The van der Waals surface area contributed by atoms with E-state index in [-0.39, 0.29) is 0 Å². The van der Waals surface area contributed by atoms with Gasteiger partial charge in [0.05, 0.1) is 11.0 Å². The van der Waals surface area contributed by atoms with Crippen LogP contribution in [0.2, 0.25) is 0 Å². The maximum atomic E-state index is 2.40. The average Bonchev–Trinajstić information content (AvgIpc) is 3.69. The van der Waals surface area contributed by atoms with Crippen molar-refractivity contribution < 1.29 is 0 Å². The summed E-state index contributed by atoms with van der Waals surface area (Å²) in [7, 11) is 0. The molecule has 1 aromatic heterocycles. The second-order valence-corrected chi connectivity index (χ2v) is 15.8. The van der Waals surface area contributed by atoms with E-state index in [4.69, 9.17) is 0 Å². The molecule has 2 heteroatoms. The summed E-state index contributed by atoms with van der Waals surface area (Å²) < 4.78 is 2.40. The molecule has 0 N–H and O–H groups in total. The summed E-state index contributed by atoms with van der Waals surface area (Å²) in [5, 5.41) is 2.51. The fourth-order valence-electron chi connectivity index (χ4n) is 8.88. The van der Waals surface area contributed by atoms with Crippen LogP contribution in [0, 0.1) is 0 Å². The predicted molar refractivity (Wildman–Crippen MR) is 263 cm³/mol. The minimum Gasteiger partial charge on any atom is -0.311 e. The van der Waals surface area contributed by atoms with Gasteiger partial charge in [0.15, 0.2) is 0 Å². The summed E-state index contributed by atoms with van der Waals surface area (Å²) in [5.41, 5.74) is 18.8. The fraction of sp³-hybridized carbons (Fsp3) is 0. The number of para-hydroxylation sites is 1. The summed E-state index contributed by atoms with van der Waals surface area (Å²) in [6, 6.07) is 91.9. The van der Waals surface area contributed by atoms with Crippen molar-refractivity contribution >= 4 is 38.9 Å². The summed E-state index contributed by atoms with van der Waals surface area (Å²) in [5.74, 6) is 0. The van der Waals surface area contributed by atoms with E-state index in [2.05, 4.69) is 264 Å². The van der Waals surface area contributed by atoms with Gasteiger partial charge in [-0.15, -0.1) is 0 Å². The Kier molecular flexibility index (Phi) is 9.57. The Balaban J connectivity index is 0.923. The van der Waals surface area contributed by atoms with E-state index in [1.807, 2.05) is 0 Å². The van der Waals surface area contributed by atoms with E-state index in [1.54, 1.807) is 0 Å². The minimum absolute atomic E-state index is 1.10. The highest BCUT2D eigenvalue weighted by atomic mass is 15.1. The number of nitrogens with zero attached hydrogens (tertiary/aromatic N) is 2. The third-order valence-electron chi connectivity index (χ3n) is 12.0. The molecule has 0 aliphatic heterocycles. The molecule has 62 heavy (non-hydrogen) atoms. The molecule has 0 saturated carbocycles. The zero-order valence-corrected chi connectivity index (χ0v) is 34.1. The number of rotatable bonds is 9. The zero-order chi connectivity index (χ0) is 41.2. The lowest BCUT2D eigenvalue weighted by Gasteiger charge is -2.26. The molecule has 0 aliphatic rings. The Labute approximate surface area is 362 Å². The number of hydrogen-bond acceptors (Lipinski definition) is 1. The van der Waals surface area contributed by atoms with Crippen LogP contribution < -0.4 is 4.90 Å². The Morgan fingerprint density at radius 3 is 1.13 bits per heavy atom. The van der Waals surface area contributed by atoms with Gasteiger partial charge in [0.2, 0.25) is 0 Å². The number of hydrogen-bond donors (Lipinski definition) is 0. The molecule has 11 aromatic rings. The smallest absolute Gasteiger partial charge is 0.0541 e. The van der Waals surface area contributed by atoms with Crippen molar-refractivity contribution in [1.82, 2.24) is 4.57 Å². The number of benzene rings is 10. The van der Waals surface area contributed by atoms with E-state index < -0.39 is 0 Å². The van der Waals surface area contributed by atoms with Gasteiger partial charge in [-0.1, -0.05) is 182 Å². The molecular formula is C60H42N2. The van der Waals surface area contributed by atoms with Crippen LogP contribution in [0.4, 0.5) is 17.1 Å². The van der Waals surface area contributed by atoms with Gasteiger partial charge in [-0.05, 0) is 128 Å². The summed E-state index contributed by atoms with van der Waals surface area (Å²) in [6.45, 7) is 0. The molecular weight excluding hydrogens is 749 g/mol. The first-order chi connectivity index (χ1) is 30.7. The van der Waals surface area contributed by atoms with E-state index >= 15 is 0 Å². The van der Waals surface area contributed by atoms with Crippen molar-refractivity contribution in [3.63, 3.8) is 0 Å². The van der Waals surface area contributed by atoms with Gasteiger partial charge in [0.25, 0.3) is 0 Å². The van der Waals surface area contributed by atoms with Crippen molar-refractivity contribution in [3.8, 4) is 61.3 Å². The number of aromatic nitrogens is 1. The van der Waals surface area contributed by atoms with E-state index in [9.17, 15) is 0 Å². The molecule has 0 atom stereocenters. The normalized spacial score (nSPS) is 11.2. The van der Waals surface area contributed by atoms with Gasteiger partial charge in [0.1, 0.15) is 0 Å². The van der Waals surface area contributed by atoms with Gasteiger partial charge in [-0.3, -0.25) is 0 Å². The summed E-state index contributed by atoms with van der Waals surface area (Å²) in [4.78, 5) is 2.34. The molecule has 2 nitrogen and oxygen atoms in total. The van der Waals surface area contributed by atoms with Crippen LogP contribution in [0.25, 0.3) is 83.1 Å². The van der Waals surface area contributed by atoms with Crippen LogP contribution >= 0.6 is 0 Å². The molecule has 0 amide bonds. The van der Waals surface area contributed by atoms with Crippen LogP contribution in [-0.2, 0) is 0 Å². The van der Waals surface area contributed by atoms with E-state index in [0.717, 1.165) is 22.7 Å². The maximum Gasteiger partial charge on any atom is 0.0541 e. The van der Waals surface area contributed by atoms with Crippen LogP contribution in [0.3, 0.4) is 0 Å². The molecule has 0 spiro atoms. The van der Waals surface area contributed by atoms with Crippen LogP contribution in [0.5, 0.6) is 0 Å². The van der Waals surface area contributed by atoms with Crippen LogP contribution in [0.1, 0.15) is 0 Å². The van der Waals surface area contributed by atoms with Gasteiger partial charge in [-0.25, -0.2) is 0 Å². The molecule has 10 aromatic carbocycles. The van der Waals surface area contributed by atoms with Gasteiger partial charge in [-0.2, -0.15) is 0 Å². The van der Waals surface area contributed by atoms with Crippen molar-refractivity contribution in [1.29, 1.82) is 0 Å². The molecule has 0 radical (unpaired) electrons. The first-order valence-corrected chi connectivity index (χ1v) is 21.2. The monoisotopic (exact) mass is 790 g/mol.